The van der Waals surface area contributed by atoms with Gasteiger partial charge >= 0.3 is 6.09 Å². The van der Waals surface area contributed by atoms with E-state index in [4.69, 9.17) is 4.42 Å². The molecule has 1 aromatic carbocycles. The fourth-order valence-corrected chi connectivity index (χ4v) is 1.28. The molecule has 0 bridgehead atoms. The van der Waals surface area contributed by atoms with Gasteiger partial charge in [-0.1, -0.05) is 12.1 Å². The summed E-state index contributed by atoms with van der Waals surface area (Å²) >= 11 is 0. The van der Waals surface area contributed by atoms with E-state index in [1.165, 1.54) is 13.5 Å². The number of hydrogen-bond donors (Lipinski definition) is 1. The van der Waals surface area contributed by atoms with Crippen LogP contribution in [0.15, 0.2) is 41.3 Å². The minimum absolute atomic E-state index is 0.505. The Morgan fingerprint density at radius 1 is 1.50 bits per heavy atom. The molecule has 2 aromatic rings. The van der Waals surface area contributed by atoms with Gasteiger partial charge in [0.1, 0.15) is 0 Å². The lowest BCUT2D eigenvalue weighted by Crippen LogP contribution is -2.10. The topological polar surface area (TPSA) is 64.4 Å². The van der Waals surface area contributed by atoms with Crippen LogP contribution in [0.3, 0.4) is 0 Å². The highest BCUT2D eigenvalue weighted by atomic mass is 16.5. The van der Waals surface area contributed by atoms with E-state index in [1.54, 1.807) is 18.3 Å². The van der Waals surface area contributed by atoms with Gasteiger partial charge in [-0.25, -0.2) is 9.78 Å². The van der Waals surface area contributed by atoms with Crippen molar-refractivity contribution in [2.75, 3.05) is 12.4 Å². The van der Waals surface area contributed by atoms with Crippen molar-refractivity contribution in [3.63, 3.8) is 0 Å². The monoisotopic (exact) mass is 218 g/mol. The van der Waals surface area contributed by atoms with Gasteiger partial charge in [-0.3, -0.25) is 5.32 Å². The molecule has 0 radical (unpaired) electrons. The molecule has 0 fully saturated rings. The van der Waals surface area contributed by atoms with E-state index in [9.17, 15) is 4.79 Å². The van der Waals surface area contributed by atoms with Crippen LogP contribution in [-0.4, -0.2) is 18.2 Å². The summed E-state index contributed by atoms with van der Waals surface area (Å²) in [4.78, 5) is 14.8. The van der Waals surface area contributed by atoms with Crippen molar-refractivity contribution in [3.05, 3.63) is 36.9 Å². The Hall–Kier alpha value is -2.30. The van der Waals surface area contributed by atoms with Gasteiger partial charge in [-0.2, -0.15) is 0 Å². The normalized spacial score (nSPS) is 9.81. The summed E-state index contributed by atoms with van der Waals surface area (Å²) in [6.45, 7) is 0. The number of carbonyl (C=O) groups is 1. The van der Waals surface area contributed by atoms with Crippen LogP contribution in [0.25, 0.3) is 11.3 Å². The maximum atomic E-state index is 11.0. The molecule has 0 spiro atoms. The van der Waals surface area contributed by atoms with Crippen molar-refractivity contribution in [1.82, 2.24) is 4.98 Å². The molecule has 0 aliphatic carbocycles. The van der Waals surface area contributed by atoms with Crippen molar-refractivity contribution < 1.29 is 13.9 Å². The first-order valence-electron chi connectivity index (χ1n) is 4.63. The first-order chi connectivity index (χ1) is 7.79. The fraction of sp³-hybridized carbons (Fsp3) is 0.0909. The highest BCUT2D eigenvalue weighted by Crippen LogP contribution is 2.21. The minimum Gasteiger partial charge on any atom is -0.453 e. The molecule has 1 aromatic heterocycles. The first kappa shape index (κ1) is 10.2. The Morgan fingerprint density at radius 3 is 3.06 bits per heavy atom. The van der Waals surface area contributed by atoms with Gasteiger partial charge in [0.2, 0.25) is 0 Å². The van der Waals surface area contributed by atoms with Gasteiger partial charge in [-0.05, 0) is 12.1 Å². The lowest BCUT2D eigenvalue weighted by molar-refractivity contribution is 0.187. The summed E-state index contributed by atoms with van der Waals surface area (Å²) in [6, 6.07) is 7.21. The molecule has 1 amide bonds. The molecule has 1 heterocycles. The standard InChI is InChI=1S/C11H10N2O3/c1-15-11(14)13-9-4-2-3-8(5-9)10-6-12-7-16-10/h2-7H,1H3,(H,13,14). The number of amides is 1. The maximum absolute atomic E-state index is 11.0. The molecule has 0 aliphatic rings. The number of hydrogen-bond acceptors (Lipinski definition) is 4. The quantitative estimate of drug-likeness (QED) is 0.841. The molecule has 1 N–H and O–H groups in total. The predicted molar refractivity (Wildman–Crippen MR) is 58.0 cm³/mol. The van der Waals surface area contributed by atoms with Gasteiger partial charge in [0.25, 0.3) is 0 Å². The van der Waals surface area contributed by atoms with Crippen molar-refractivity contribution in [2.45, 2.75) is 0 Å². The molecular formula is C11H10N2O3. The molecule has 82 valence electrons. The van der Waals surface area contributed by atoms with Crippen LogP contribution in [0.1, 0.15) is 0 Å². The van der Waals surface area contributed by atoms with Crippen molar-refractivity contribution in [3.8, 4) is 11.3 Å². The van der Waals surface area contributed by atoms with E-state index in [2.05, 4.69) is 15.0 Å². The van der Waals surface area contributed by atoms with Crippen molar-refractivity contribution in [2.24, 2.45) is 0 Å². The summed E-state index contributed by atoms with van der Waals surface area (Å²) in [5.74, 6) is 0.647. The van der Waals surface area contributed by atoms with Crippen LogP contribution < -0.4 is 5.32 Å². The highest BCUT2D eigenvalue weighted by Gasteiger charge is 2.04. The molecule has 0 aliphatic heterocycles. The molecule has 2 rings (SSSR count). The molecular weight excluding hydrogens is 208 g/mol. The molecule has 5 nitrogen and oxygen atoms in total. The third-order valence-corrected chi connectivity index (χ3v) is 2.01. The lowest BCUT2D eigenvalue weighted by atomic mass is 10.1. The van der Waals surface area contributed by atoms with Crippen LogP contribution in [0, 0.1) is 0 Å². The van der Waals surface area contributed by atoms with Crippen LogP contribution in [0.5, 0.6) is 0 Å². The van der Waals surface area contributed by atoms with Gasteiger partial charge < -0.3 is 9.15 Å². The Labute approximate surface area is 92.1 Å². The zero-order valence-corrected chi connectivity index (χ0v) is 8.64. The fourth-order valence-electron chi connectivity index (χ4n) is 1.28. The summed E-state index contributed by atoms with van der Waals surface area (Å²) in [6.07, 6.45) is 2.46. The Bertz CT molecular complexity index is 480. The zero-order valence-electron chi connectivity index (χ0n) is 8.64. The minimum atomic E-state index is -0.505. The third kappa shape index (κ3) is 2.20. The number of rotatable bonds is 2. The molecule has 16 heavy (non-hydrogen) atoms. The van der Waals surface area contributed by atoms with Crippen molar-refractivity contribution in [1.29, 1.82) is 0 Å². The van der Waals surface area contributed by atoms with Gasteiger partial charge in [-0.15, -0.1) is 0 Å². The SMILES string of the molecule is COC(=O)Nc1cccc(-c2cnco2)c1. The van der Waals surface area contributed by atoms with E-state index in [0.717, 1.165) is 5.56 Å². The van der Waals surface area contributed by atoms with E-state index >= 15 is 0 Å². The second-order valence-corrected chi connectivity index (χ2v) is 3.06. The average Bonchev–Trinajstić information content (AvgIpc) is 2.83. The summed E-state index contributed by atoms with van der Waals surface area (Å²) in [7, 11) is 1.32. The smallest absolute Gasteiger partial charge is 0.411 e. The third-order valence-electron chi connectivity index (χ3n) is 2.01. The molecule has 0 saturated carbocycles. The van der Waals surface area contributed by atoms with E-state index in [0.29, 0.717) is 11.4 Å². The summed E-state index contributed by atoms with van der Waals surface area (Å²) in [5, 5.41) is 2.57. The molecule has 0 atom stereocenters. The van der Waals surface area contributed by atoms with Gasteiger partial charge in [0.15, 0.2) is 12.2 Å². The second kappa shape index (κ2) is 4.48. The number of oxazole rings is 1. The van der Waals surface area contributed by atoms with Crippen molar-refractivity contribution >= 4 is 11.8 Å². The average molecular weight is 218 g/mol. The first-order valence-corrected chi connectivity index (χ1v) is 4.63. The van der Waals surface area contributed by atoms with Crippen LogP contribution >= 0.6 is 0 Å². The zero-order chi connectivity index (χ0) is 11.4. The summed E-state index contributed by atoms with van der Waals surface area (Å²) in [5.41, 5.74) is 1.48. The van der Waals surface area contributed by atoms with E-state index in [-0.39, 0.29) is 0 Å². The molecule has 5 heteroatoms. The van der Waals surface area contributed by atoms with Crippen LogP contribution in [0.2, 0.25) is 0 Å². The number of anilines is 1. The molecule has 0 saturated heterocycles. The maximum Gasteiger partial charge on any atom is 0.411 e. The van der Waals surface area contributed by atoms with Crippen LogP contribution in [0.4, 0.5) is 10.5 Å². The number of nitrogens with one attached hydrogen (secondary N) is 1. The van der Waals surface area contributed by atoms with E-state index in [1.807, 2.05) is 12.1 Å². The number of aromatic nitrogens is 1. The number of ether oxygens (including phenoxy) is 1. The number of nitrogens with zero attached hydrogens (tertiary/aromatic N) is 1. The number of carbonyl (C=O) groups excluding carboxylic acids is 1. The summed E-state index contributed by atoms with van der Waals surface area (Å²) < 4.78 is 9.65. The van der Waals surface area contributed by atoms with E-state index < -0.39 is 6.09 Å². The molecule has 0 unspecified atom stereocenters. The number of methoxy groups -OCH3 is 1. The number of benzene rings is 1. The lowest BCUT2D eigenvalue weighted by Gasteiger charge is -2.04. The van der Waals surface area contributed by atoms with Gasteiger partial charge in [0.05, 0.1) is 13.3 Å². The Balaban J connectivity index is 2.23. The Kier molecular flexibility index (Phi) is 2.86. The second-order valence-electron chi connectivity index (χ2n) is 3.06. The van der Waals surface area contributed by atoms with Crippen LogP contribution in [-0.2, 0) is 4.74 Å². The predicted octanol–water partition coefficient (Wildman–Crippen LogP) is 2.52. The highest BCUT2D eigenvalue weighted by molar-refractivity contribution is 5.85. The van der Waals surface area contributed by atoms with Gasteiger partial charge in [0, 0.05) is 11.3 Å². The Morgan fingerprint density at radius 2 is 2.38 bits per heavy atom. The largest absolute Gasteiger partial charge is 0.453 e.